The maximum absolute atomic E-state index is 13.0. The van der Waals surface area contributed by atoms with Crippen molar-refractivity contribution in [3.05, 3.63) is 41.7 Å². The second-order valence-electron chi connectivity index (χ2n) is 6.71. The van der Waals surface area contributed by atoms with Crippen LogP contribution in [0, 0.1) is 5.82 Å². The summed E-state index contributed by atoms with van der Waals surface area (Å²) < 4.78 is 18.1. The molecule has 0 aliphatic carbocycles. The third-order valence-corrected chi connectivity index (χ3v) is 3.04. The van der Waals surface area contributed by atoms with Crippen molar-refractivity contribution in [3.63, 3.8) is 0 Å². The van der Waals surface area contributed by atoms with E-state index < -0.39 is 11.7 Å². The topological polar surface area (TPSA) is 96.5 Å². The highest BCUT2D eigenvalue weighted by Crippen LogP contribution is 2.06. The number of benzene rings is 1. The van der Waals surface area contributed by atoms with Gasteiger partial charge in [0.15, 0.2) is 0 Å². The number of ether oxygens (including phenoxy) is 1. The molecule has 3 amide bonds. The zero-order chi connectivity index (χ0) is 20.3. The summed E-state index contributed by atoms with van der Waals surface area (Å²) in [7, 11) is 0. The number of nitrogens with one attached hydrogen (secondary N) is 3. The van der Waals surface area contributed by atoms with Crippen LogP contribution >= 0.6 is 0 Å². The van der Waals surface area contributed by atoms with Gasteiger partial charge in [0.1, 0.15) is 11.4 Å². The van der Waals surface area contributed by atoms with Gasteiger partial charge in [-0.25, -0.2) is 9.18 Å². The largest absolute Gasteiger partial charge is 0.444 e. The van der Waals surface area contributed by atoms with E-state index in [4.69, 9.17) is 4.74 Å². The summed E-state index contributed by atoms with van der Waals surface area (Å²) in [6.45, 7) is 5.91. The van der Waals surface area contributed by atoms with Crippen LogP contribution in [0.2, 0.25) is 0 Å². The van der Waals surface area contributed by atoms with Crippen LogP contribution in [0.5, 0.6) is 0 Å². The third-order valence-electron chi connectivity index (χ3n) is 3.04. The Morgan fingerprint density at radius 1 is 1.07 bits per heavy atom. The molecular formula is C19H26FN3O4. The van der Waals surface area contributed by atoms with Gasteiger partial charge in [-0.05, 0) is 44.5 Å². The van der Waals surface area contributed by atoms with Gasteiger partial charge >= 0.3 is 6.09 Å². The Morgan fingerprint density at radius 3 is 2.44 bits per heavy atom. The smallest absolute Gasteiger partial charge is 0.407 e. The molecule has 0 bridgehead atoms. The summed E-state index contributed by atoms with van der Waals surface area (Å²) in [6.07, 6.45) is 2.32. The fraction of sp³-hybridized carbons (Fsp3) is 0.421. The second-order valence-corrected chi connectivity index (χ2v) is 6.71. The molecule has 1 aromatic carbocycles. The molecule has 0 saturated carbocycles. The monoisotopic (exact) mass is 379 g/mol. The van der Waals surface area contributed by atoms with Gasteiger partial charge in [0.2, 0.25) is 11.8 Å². The van der Waals surface area contributed by atoms with E-state index in [1.807, 2.05) is 0 Å². The lowest BCUT2D eigenvalue weighted by Crippen LogP contribution is -2.37. The van der Waals surface area contributed by atoms with Crippen molar-refractivity contribution < 1.29 is 23.5 Å². The predicted octanol–water partition coefficient (Wildman–Crippen LogP) is 1.99. The molecule has 0 aromatic heterocycles. The Balaban J connectivity index is 2.14. The molecule has 0 fully saturated rings. The summed E-state index contributed by atoms with van der Waals surface area (Å²) in [5, 5.41) is 7.71. The van der Waals surface area contributed by atoms with Crippen molar-refractivity contribution in [2.45, 2.75) is 32.8 Å². The first-order chi connectivity index (χ1) is 12.7. The van der Waals surface area contributed by atoms with Crippen LogP contribution in [0.1, 0.15) is 32.8 Å². The van der Waals surface area contributed by atoms with Crippen molar-refractivity contribution in [2.75, 3.05) is 19.6 Å². The first kappa shape index (κ1) is 22.1. The Labute approximate surface area is 158 Å². The highest BCUT2D eigenvalue weighted by molar-refractivity contribution is 5.91. The van der Waals surface area contributed by atoms with E-state index in [9.17, 15) is 18.8 Å². The minimum absolute atomic E-state index is 0.104. The van der Waals surface area contributed by atoms with Crippen LogP contribution in [0.3, 0.4) is 0 Å². The molecule has 148 valence electrons. The number of carbonyl (C=O) groups excluding carboxylic acids is 3. The third kappa shape index (κ3) is 11.4. The molecule has 0 atom stereocenters. The van der Waals surface area contributed by atoms with Crippen LogP contribution in [-0.4, -0.2) is 43.1 Å². The molecule has 0 aliphatic heterocycles. The van der Waals surface area contributed by atoms with Crippen molar-refractivity contribution in [1.29, 1.82) is 0 Å². The molecule has 0 radical (unpaired) electrons. The van der Waals surface area contributed by atoms with Gasteiger partial charge in [-0.15, -0.1) is 0 Å². The number of rotatable bonds is 8. The number of hydrogen-bond acceptors (Lipinski definition) is 4. The zero-order valence-electron chi connectivity index (χ0n) is 15.8. The Hall–Kier alpha value is -2.90. The van der Waals surface area contributed by atoms with Crippen molar-refractivity contribution in [2.24, 2.45) is 0 Å². The van der Waals surface area contributed by atoms with Crippen LogP contribution in [0.4, 0.5) is 9.18 Å². The number of halogens is 1. The van der Waals surface area contributed by atoms with Gasteiger partial charge in [-0.2, -0.15) is 0 Å². The molecule has 0 unspecified atom stereocenters. The molecule has 0 spiro atoms. The second kappa shape index (κ2) is 10.9. The van der Waals surface area contributed by atoms with E-state index in [-0.39, 0.29) is 43.7 Å². The fourth-order valence-corrected chi connectivity index (χ4v) is 1.91. The Bertz CT molecular complexity index is 684. The highest BCUT2D eigenvalue weighted by atomic mass is 19.1. The molecule has 1 rings (SSSR count). The lowest BCUT2D eigenvalue weighted by atomic mass is 10.2. The zero-order valence-corrected chi connectivity index (χ0v) is 15.8. The van der Waals surface area contributed by atoms with Gasteiger partial charge in [-0.1, -0.05) is 12.1 Å². The van der Waals surface area contributed by atoms with E-state index in [1.165, 1.54) is 24.3 Å². The molecular weight excluding hydrogens is 353 g/mol. The van der Waals surface area contributed by atoms with E-state index in [0.717, 1.165) is 0 Å². The average Bonchev–Trinajstić information content (AvgIpc) is 2.55. The van der Waals surface area contributed by atoms with Crippen molar-refractivity contribution in [3.8, 4) is 0 Å². The molecule has 0 saturated heterocycles. The fourth-order valence-electron chi connectivity index (χ4n) is 1.91. The lowest BCUT2D eigenvalue weighted by Gasteiger charge is -2.19. The maximum Gasteiger partial charge on any atom is 0.407 e. The van der Waals surface area contributed by atoms with Crippen molar-refractivity contribution >= 4 is 24.0 Å². The molecule has 0 heterocycles. The maximum atomic E-state index is 13.0. The number of alkyl carbamates (subject to hydrolysis) is 1. The number of carbonyl (C=O) groups is 3. The molecule has 8 heteroatoms. The van der Waals surface area contributed by atoms with Gasteiger partial charge < -0.3 is 20.7 Å². The quantitative estimate of drug-likeness (QED) is 0.475. The first-order valence-electron chi connectivity index (χ1n) is 8.61. The van der Waals surface area contributed by atoms with Crippen LogP contribution in [0.15, 0.2) is 30.3 Å². The van der Waals surface area contributed by atoms with Crippen LogP contribution < -0.4 is 16.0 Å². The molecule has 3 N–H and O–H groups in total. The minimum Gasteiger partial charge on any atom is -0.444 e. The summed E-state index contributed by atoms with van der Waals surface area (Å²) in [4.78, 5) is 34.7. The summed E-state index contributed by atoms with van der Waals surface area (Å²) >= 11 is 0. The average molecular weight is 379 g/mol. The van der Waals surface area contributed by atoms with Crippen molar-refractivity contribution in [1.82, 2.24) is 16.0 Å². The SMILES string of the molecule is CC(C)(C)OC(=O)NCCC(=O)NCCNC(=O)/C=C/c1cccc(F)c1. The highest BCUT2D eigenvalue weighted by Gasteiger charge is 2.15. The first-order valence-corrected chi connectivity index (χ1v) is 8.61. The lowest BCUT2D eigenvalue weighted by molar-refractivity contribution is -0.121. The number of hydrogen-bond donors (Lipinski definition) is 3. The van der Waals surface area contributed by atoms with E-state index in [2.05, 4.69) is 16.0 Å². The summed E-state index contributed by atoms with van der Waals surface area (Å²) in [5.41, 5.74) is -0.0100. The van der Waals surface area contributed by atoms with Gasteiger partial charge in [0.05, 0.1) is 0 Å². The Kier molecular flexibility index (Phi) is 8.98. The van der Waals surface area contributed by atoms with Crippen LogP contribution in [-0.2, 0) is 14.3 Å². The Morgan fingerprint density at radius 2 is 1.78 bits per heavy atom. The van der Waals surface area contributed by atoms with E-state index in [0.29, 0.717) is 5.56 Å². The summed E-state index contributed by atoms with van der Waals surface area (Å²) in [5.74, 6) is -0.975. The van der Waals surface area contributed by atoms with E-state index in [1.54, 1.807) is 32.9 Å². The summed E-state index contributed by atoms with van der Waals surface area (Å²) in [6, 6.07) is 5.87. The predicted molar refractivity (Wildman–Crippen MR) is 100 cm³/mol. The molecule has 1 aromatic rings. The van der Waals surface area contributed by atoms with Gasteiger partial charge in [0.25, 0.3) is 0 Å². The molecule has 27 heavy (non-hydrogen) atoms. The standard InChI is InChI=1S/C19H26FN3O4/c1-19(2,3)27-18(26)23-10-9-17(25)22-12-11-21-16(24)8-7-14-5-4-6-15(20)13-14/h4-8,13H,9-12H2,1-3H3,(H,21,24)(H,22,25)(H,23,26)/b8-7+. The van der Waals surface area contributed by atoms with Gasteiger partial charge in [-0.3, -0.25) is 9.59 Å². The van der Waals surface area contributed by atoms with Gasteiger partial charge in [0, 0.05) is 32.1 Å². The minimum atomic E-state index is -0.590. The molecule has 0 aliphatic rings. The normalized spacial score (nSPS) is 11.1. The molecule has 7 nitrogen and oxygen atoms in total. The number of amides is 3. The van der Waals surface area contributed by atoms with E-state index >= 15 is 0 Å². The van der Waals surface area contributed by atoms with Crippen LogP contribution in [0.25, 0.3) is 6.08 Å².